The molecule has 0 fully saturated rings. The standard InChI is InChI=1S/C17H16N4O3/c1-11-2-3-12(10-22)8-15(11)18-17-9-16(19-20-17)13-4-6-14(7-5-13)21(23)24/h2-9,22H,10H2,1H3,(H2,18,19,20). The van der Waals surface area contributed by atoms with Crippen LogP contribution in [-0.4, -0.2) is 20.2 Å². The van der Waals surface area contributed by atoms with Gasteiger partial charge >= 0.3 is 0 Å². The molecule has 3 aromatic rings. The molecule has 0 atom stereocenters. The zero-order valence-corrected chi connectivity index (χ0v) is 13.0. The maximum Gasteiger partial charge on any atom is 0.269 e. The average Bonchev–Trinajstić information content (AvgIpc) is 3.05. The summed E-state index contributed by atoms with van der Waals surface area (Å²) in [6, 6.07) is 13.8. The molecule has 3 rings (SSSR count). The van der Waals surface area contributed by atoms with Crippen LogP contribution in [0.1, 0.15) is 11.1 Å². The number of aliphatic hydroxyl groups excluding tert-OH is 1. The van der Waals surface area contributed by atoms with Crippen LogP contribution in [0.2, 0.25) is 0 Å². The van der Waals surface area contributed by atoms with Crippen LogP contribution in [0, 0.1) is 17.0 Å². The largest absolute Gasteiger partial charge is 0.392 e. The molecule has 0 radical (unpaired) electrons. The SMILES string of the molecule is Cc1ccc(CO)cc1Nc1cc(-c2ccc([N+](=O)[O-])cc2)[nH]n1. The summed E-state index contributed by atoms with van der Waals surface area (Å²) in [6.07, 6.45) is 0. The van der Waals surface area contributed by atoms with E-state index in [0.717, 1.165) is 28.1 Å². The molecular formula is C17H16N4O3. The summed E-state index contributed by atoms with van der Waals surface area (Å²) in [4.78, 5) is 10.3. The van der Waals surface area contributed by atoms with Crippen LogP contribution in [0.5, 0.6) is 0 Å². The number of nitro benzene ring substituents is 1. The summed E-state index contributed by atoms with van der Waals surface area (Å²) in [5.74, 6) is 0.626. The molecular weight excluding hydrogens is 308 g/mol. The van der Waals surface area contributed by atoms with Crippen molar-refractivity contribution in [2.45, 2.75) is 13.5 Å². The molecule has 122 valence electrons. The van der Waals surface area contributed by atoms with Crippen LogP contribution in [0.3, 0.4) is 0 Å². The molecule has 1 aromatic heterocycles. The first kappa shape index (κ1) is 15.7. The topological polar surface area (TPSA) is 104 Å². The van der Waals surface area contributed by atoms with Crippen LogP contribution in [-0.2, 0) is 6.61 Å². The number of non-ortho nitro benzene ring substituents is 1. The first-order valence-electron chi connectivity index (χ1n) is 7.34. The van der Waals surface area contributed by atoms with Crippen molar-refractivity contribution in [1.82, 2.24) is 10.2 Å². The Kier molecular flexibility index (Phi) is 4.26. The number of nitrogens with zero attached hydrogens (tertiary/aromatic N) is 2. The fourth-order valence-electron chi connectivity index (χ4n) is 2.34. The van der Waals surface area contributed by atoms with E-state index in [0.29, 0.717) is 5.82 Å². The Hall–Kier alpha value is -3.19. The van der Waals surface area contributed by atoms with Crippen molar-refractivity contribution in [3.8, 4) is 11.3 Å². The first-order chi connectivity index (χ1) is 11.6. The molecule has 0 spiro atoms. The van der Waals surface area contributed by atoms with Crippen molar-refractivity contribution in [1.29, 1.82) is 0 Å². The van der Waals surface area contributed by atoms with Gasteiger partial charge in [-0.3, -0.25) is 15.2 Å². The van der Waals surface area contributed by atoms with Gasteiger partial charge in [-0.2, -0.15) is 5.10 Å². The van der Waals surface area contributed by atoms with Crippen LogP contribution < -0.4 is 5.32 Å². The van der Waals surface area contributed by atoms with E-state index in [-0.39, 0.29) is 12.3 Å². The number of aromatic amines is 1. The molecule has 0 saturated carbocycles. The van der Waals surface area contributed by atoms with Gasteiger partial charge in [0.25, 0.3) is 5.69 Å². The molecule has 0 aliphatic heterocycles. The molecule has 1 heterocycles. The molecule has 0 unspecified atom stereocenters. The number of nitro groups is 1. The third-order valence-electron chi connectivity index (χ3n) is 3.71. The molecule has 0 amide bonds. The lowest BCUT2D eigenvalue weighted by atomic mass is 10.1. The molecule has 0 bridgehead atoms. The third-order valence-corrected chi connectivity index (χ3v) is 3.71. The average molecular weight is 324 g/mol. The summed E-state index contributed by atoms with van der Waals surface area (Å²) in [5.41, 5.74) is 4.32. The number of aryl methyl sites for hydroxylation is 1. The Morgan fingerprint density at radius 1 is 1.21 bits per heavy atom. The maximum atomic E-state index is 10.7. The molecule has 7 heteroatoms. The van der Waals surface area contributed by atoms with E-state index < -0.39 is 4.92 Å². The Labute approximate surface area is 138 Å². The van der Waals surface area contributed by atoms with Gasteiger partial charge in [0.2, 0.25) is 0 Å². The van der Waals surface area contributed by atoms with Gasteiger partial charge in [0, 0.05) is 29.4 Å². The minimum atomic E-state index is -0.430. The number of benzene rings is 2. The monoisotopic (exact) mass is 324 g/mol. The summed E-state index contributed by atoms with van der Waals surface area (Å²) >= 11 is 0. The lowest BCUT2D eigenvalue weighted by molar-refractivity contribution is -0.384. The minimum absolute atomic E-state index is 0.0242. The molecule has 0 saturated heterocycles. The van der Waals surface area contributed by atoms with Crippen LogP contribution in [0.4, 0.5) is 17.2 Å². The summed E-state index contributed by atoms with van der Waals surface area (Å²) < 4.78 is 0. The second-order valence-corrected chi connectivity index (χ2v) is 5.40. The van der Waals surface area contributed by atoms with E-state index >= 15 is 0 Å². The molecule has 3 N–H and O–H groups in total. The molecule has 24 heavy (non-hydrogen) atoms. The van der Waals surface area contributed by atoms with Gasteiger partial charge in [-0.25, -0.2) is 0 Å². The van der Waals surface area contributed by atoms with Crippen molar-refractivity contribution < 1.29 is 10.0 Å². The fraction of sp³-hybridized carbons (Fsp3) is 0.118. The van der Waals surface area contributed by atoms with Gasteiger partial charge in [0.1, 0.15) is 0 Å². The zero-order valence-electron chi connectivity index (χ0n) is 13.0. The van der Waals surface area contributed by atoms with Gasteiger partial charge < -0.3 is 10.4 Å². The molecule has 0 aliphatic rings. The van der Waals surface area contributed by atoms with Crippen molar-refractivity contribution >= 4 is 17.2 Å². The zero-order chi connectivity index (χ0) is 17.1. The van der Waals surface area contributed by atoms with Crippen molar-refractivity contribution in [3.63, 3.8) is 0 Å². The van der Waals surface area contributed by atoms with Crippen molar-refractivity contribution in [2.24, 2.45) is 0 Å². The van der Waals surface area contributed by atoms with E-state index in [9.17, 15) is 15.2 Å². The second-order valence-electron chi connectivity index (χ2n) is 5.40. The molecule has 7 nitrogen and oxygen atoms in total. The Morgan fingerprint density at radius 3 is 2.62 bits per heavy atom. The summed E-state index contributed by atoms with van der Waals surface area (Å²) in [7, 11) is 0. The highest BCUT2D eigenvalue weighted by atomic mass is 16.6. The van der Waals surface area contributed by atoms with Gasteiger partial charge in [-0.05, 0) is 36.2 Å². The number of hydrogen-bond acceptors (Lipinski definition) is 5. The van der Waals surface area contributed by atoms with E-state index in [1.165, 1.54) is 12.1 Å². The lowest BCUT2D eigenvalue weighted by Crippen LogP contribution is -1.95. The fourth-order valence-corrected chi connectivity index (χ4v) is 2.34. The van der Waals surface area contributed by atoms with Gasteiger partial charge in [0.15, 0.2) is 5.82 Å². The summed E-state index contributed by atoms with van der Waals surface area (Å²) in [5, 5.41) is 30.3. The predicted molar refractivity (Wildman–Crippen MR) is 91.1 cm³/mol. The number of rotatable bonds is 5. The minimum Gasteiger partial charge on any atom is -0.392 e. The Morgan fingerprint density at radius 2 is 1.96 bits per heavy atom. The maximum absolute atomic E-state index is 10.7. The number of H-pyrrole nitrogens is 1. The smallest absolute Gasteiger partial charge is 0.269 e. The number of aliphatic hydroxyl groups is 1. The molecule has 0 aliphatic carbocycles. The van der Waals surface area contributed by atoms with E-state index in [1.807, 2.05) is 31.2 Å². The highest BCUT2D eigenvalue weighted by Crippen LogP contribution is 2.25. The quantitative estimate of drug-likeness (QED) is 0.492. The number of nitrogens with one attached hydrogen (secondary N) is 2. The highest BCUT2D eigenvalue weighted by Gasteiger charge is 2.09. The van der Waals surface area contributed by atoms with Crippen LogP contribution in [0.25, 0.3) is 11.3 Å². The highest BCUT2D eigenvalue weighted by molar-refractivity contribution is 5.68. The first-order valence-corrected chi connectivity index (χ1v) is 7.34. The Balaban J connectivity index is 1.82. The molecule has 2 aromatic carbocycles. The third kappa shape index (κ3) is 3.26. The van der Waals surface area contributed by atoms with Crippen LogP contribution in [0.15, 0.2) is 48.5 Å². The number of hydrogen-bond donors (Lipinski definition) is 3. The number of anilines is 2. The van der Waals surface area contributed by atoms with E-state index in [1.54, 1.807) is 12.1 Å². The van der Waals surface area contributed by atoms with Crippen LogP contribution >= 0.6 is 0 Å². The predicted octanol–water partition coefficient (Wildman–Crippen LogP) is 3.53. The lowest BCUT2D eigenvalue weighted by Gasteiger charge is -2.08. The summed E-state index contributed by atoms with van der Waals surface area (Å²) in [6.45, 7) is 1.94. The van der Waals surface area contributed by atoms with Gasteiger partial charge in [-0.15, -0.1) is 0 Å². The van der Waals surface area contributed by atoms with Gasteiger partial charge in [-0.1, -0.05) is 12.1 Å². The van der Waals surface area contributed by atoms with E-state index in [4.69, 9.17) is 0 Å². The van der Waals surface area contributed by atoms with Crippen molar-refractivity contribution in [3.05, 3.63) is 69.8 Å². The Bertz CT molecular complexity index is 872. The number of aromatic nitrogens is 2. The second kappa shape index (κ2) is 6.51. The van der Waals surface area contributed by atoms with Crippen molar-refractivity contribution in [2.75, 3.05) is 5.32 Å². The van der Waals surface area contributed by atoms with Gasteiger partial charge in [0.05, 0.1) is 17.2 Å². The van der Waals surface area contributed by atoms with E-state index in [2.05, 4.69) is 15.5 Å². The normalized spacial score (nSPS) is 10.6.